The first kappa shape index (κ1) is 17.9. The summed E-state index contributed by atoms with van der Waals surface area (Å²) < 4.78 is 23.9. The van der Waals surface area contributed by atoms with E-state index in [2.05, 4.69) is 15.9 Å². The molecule has 4 nitrogen and oxygen atoms in total. The highest BCUT2D eigenvalue weighted by Crippen LogP contribution is 2.13. The number of sulfone groups is 1. The summed E-state index contributed by atoms with van der Waals surface area (Å²) in [6.07, 6.45) is 1.82. The average molecular weight is 342 g/mol. The Hall–Kier alpha value is -0.100. The lowest BCUT2D eigenvalue weighted by atomic mass is 10.1. The maximum absolute atomic E-state index is 12.0. The van der Waals surface area contributed by atoms with Gasteiger partial charge in [-0.2, -0.15) is 0 Å². The van der Waals surface area contributed by atoms with Crippen LogP contribution in [0.15, 0.2) is 0 Å². The molecular weight excluding hydrogens is 318 g/mol. The number of carbonyl (C=O) groups excluding carboxylic acids is 1. The van der Waals surface area contributed by atoms with Crippen molar-refractivity contribution in [1.82, 2.24) is 4.90 Å². The lowest BCUT2D eigenvalue weighted by molar-refractivity contribution is -0.128. The first-order valence-electron chi connectivity index (χ1n) is 6.44. The van der Waals surface area contributed by atoms with E-state index in [0.29, 0.717) is 18.4 Å². The third kappa shape index (κ3) is 6.73. The maximum atomic E-state index is 12.0. The Morgan fingerprint density at radius 1 is 1.22 bits per heavy atom. The summed E-state index contributed by atoms with van der Waals surface area (Å²) in [7, 11) is -3.30. The van der Waals surface area contributed by atoms with E-state index in [1.54, 1.807) is 4.90 Å². The van der Waals surface area contributed by atoms with E-state index in [4.69, 9.17) is 0 Å². The van der Waals surface area contributed by atoms with Crippen molar-refractivity contribution in [2.45, 2.75) is 33.6 Å². The molecule has 18 heavy (non-hydrogen) atoms. The van der Waals surface area contributed by atoms with Crippen molar-refractivity contribution in [3.05, 3.63) is 0 Å². The standard InChI is InChI=1S/C12H24BrNO3S/c1-4-7-11(8-13)9-18(16,17)10-12(15)14(5-2)6-3/h11H,4-10H2,1-3H3. The highest BCUT2D eigenvalue weighted by molar-refractivity contribution is 9.09. The Bertz CT molecular complexity index is 339. The van der Waals surface area contributed by atoms with E-state index in [-0.39, 0.29) is 23.3 Å². The second-order valence-corrected chi connectivity index (χ2v) is 7.19. The topological polar surface area (TPSA) is 54.5 Å². The molecule has 1 atom stereocenters. The van der Waals surface area contributed by atoms with Crippen LogP contribution in [-0.4, -0.2) is 49.2 Å². The van der Waals surface area contributed by atoms with Crippen LogP contribution in [0.5, 0.6) is 0 Å². The van der Waals surface area contributed by atoms with Crippen LogP contribution in [-0.2, 0) is 14.6 Å². The lowest BCUT2D eigenvalue weighted by Crippen LogP contribution is -2.36. The lowest BCUT2D eigenvalue weighted by Gasteiger charge is -2.19. The number of amides is 1. The molecule has 0 saturated heterocycles. The van der Waals surface area contributed by atoms with Gasteiger partial charge >= 0.3 is 0 Å². The summed E-state index contributed by atoms with van der Waals surface area (Å²) in [6, 6.07) is 0. The second kappa shape index (κ2) is 8.91. The molecule has 0 N–H and O–H groups in total. The monoisotopic (exact) mass is 341 g/mol. The smallest absolute Gasteiger partial charge is 0.237 e. The number of nitrogens with zero attached hydrogens (tertiary/aromatic N) is 1. The number of hydrogen-bond acceptors (Lipinski definition) is 3. The average Bonchev–Trinajstić information content (AvgIpc) is 2.29. The molecule has 0 aromatic heterocycles. The minimum Gasteiger partial charge on any atom is -0.342 e. The predicted octanol–water partition coefficient (Wildman–Crippen LogP) is 2.08. The molecule has 0 fully saturated rings. The van der Waals surface area contributed by atoms with Crippen LogP contribution in [0.3, 0.4) is 0 Å². The highest BCUT2D eigenvalue weighted by atomic mass is 79.9. The van der Waals surface area contributed by atoms with Crippen molar-refractivity contribution in [2.75, 3.05) is 29.9 Å². The molecule has 0 radical (unpaired) electrons. The van der Waals surface area contributed by atoms with Gasteiger partial charge in [-0.3, -0.25) is 4.79 Å². The number of alkyl halides is 1. The van der Waals surface area contributed by atoms with Crippen LogP contribution in [0, 0.1) is 5.92 Å². The molecule has 0 aromatic rings. The van der Waals surface area contributed by atoms with Gasteiger partial charge in [0.05, 0.1) is 5.75 Å². The van der Waals surface area contributed by atoms with Crippen molar-refractivity contribution in [2.24, 2.45) is 5.92 Å². The molecule has 0 heterocycles. The van der Waals surface area contributed by atoms with E-state index in [1.165, 1.54) is 0 Å². The number of halogens is 1. The maximum Gasteiger partial charge on any atom is 0.237 e. The fraction of sp³-hybridized carbons (Fsp3) is 0.917. The molecule has 0 aromatic carbocycles. The summed E-state index contributed by atoms with van der Waals surface area (Å²) in [5.41, 5.74) is 0. The summed E-state index contributed by atoms with van der Waals surface area (Å²) >= 11 is 3.33. The first-order chi connectivity index (χ1) is 8.40. The quantitative estimate of drug-likeness (QED) is 0.603. The SMILES string of the molecule is CCCC(CBr)CS(=O)(=O)CC(=O)N(CC)CC. The summed E-state index contributed by atoms with van der Waals surface area (Å²) in [4.78, 5) is 13.3. The van der Waals surface area contributed by atoms with Crippen molar-refractivity contribution in [3.8, 4) is 0 Å². The fourth-order valence-corrected chi connectivity index (χ4v) is 4.42. The van der Waals surface area contributed by atoms with Crippen LogP contribution in [0.1, 0.15) is 33.6 Å². The third-order valence-corrected chi connectivity index (χ3v) is 5.45. The van der Waals surface area contributed by atoms with Crippen LogP contribution in [0.4, 0.5) is 0 Å². The van der Waals surface area contributed by atoms with Gasteiger partial charge < -0.3 is 4.90 Å². The molecule has 0 aliphatic carbocycles. The highest BCUT2D eigenvalue weighted by Gasteiger charge is 2.23. The van der Waals surface area contributed by atoms with E-state index in [0.717, 1.165) is 12.8 Å². The molecule has 0 saturated carbocycles. The molecule has 108 valence electrons. The van der Waals surface area contributed by atoms with Gasteiger partial charge in [0.15, 0.2) is 9.84 Å². The van der Waals surface area contributed by atoms with E-state index >= 15 is 0 Å². The van der Waals surface area contributed by atoms with Crippen molar-refractivity contribution >= 4 is 31.7 Å². The number of rotatable bonds is 9. The van der Waals surface area contributed by atoms with Gasteiger partial charge in [0, 0.05) is 18.4 Å². The van der Waals surface area contributed by atoms with Gasteiger partial charge in [-0.1, -0.05) is 29.3 Å². The zero-order valence-electron chi connectivity index (χ0n) is 11.5. The Labute approximate surface area is 119 Å². The van der Waals surface area contributed by atoms with Gasteiger partial charge in [-0.15, -0.1) is 0 Å². The predicted molar refractivity (Wildman–Crippen MR) is 78.8 cm³/mol. The van der Waals surface area contributed by atoms with Crippen molar-refractivity contribution in [1.29, 1.82) is 0 Å². The number of hydrogen-bond donors (Lipinski definition) is 0. The normalized spacial score (nSPS) is 13.3. The molecule has 1 unspecified atom stereocenters. The van der Waals surface area contributed by atoms with Crippen LogP contribution in [0.25, 0.3) is 0 Å². The van der Waals surface area contributed by atoms with Gasteiger partial charge in [0.2, 0.25) is 5.91 Å². The van der Waals surface area contributed by atoms with Crippen molar-refractivity contribution < 1.29 is 13.2 Å². The fourth-order valence-electron chi connectivity index (χ4n) is 1.89. The Kier molecular flexibility index (Phi) is 8.86. The van der Waals surface area contributed by atoms with E-state index in [9.17, 15) is 13.2 Å². The Morgan fingerprint density at radius 3 is 2.17 bits per heavy atom. The van der Waals surface area contributed by atoms with E-state index in [1.807, 2.05) is 20.8 Å². The zero-order valence-corrected chi connectivity index (χ0v) is 13.9. The molecule has 1 amide bonds. The molecule has 0 bridgehead atoms. The van der Waals surface area contributed by atoms with Crippen LogP contribution in [0.2, 0.25) is 0 Å². The largest absolute Gasteiger partial charge is 0.342 e. The second-order valence-electron chi connectivity index (χ2n) is 4.43. The van der Waals surface area contributed by atoms with Gasteiger partial charge in [0.25, 0.3) is 0 Å². The van der Waals surface area contributed by atoms with Crippen LogP contribution >= 0.6 is 15.9 Å². The minimum absolute atomic E-state index is 0.0963. The van der Waals surface area contributed by atoms with Gasteiger partial charge in [-0.25, -0.2) is 8.42 Å². The molecule has 0 rings (SSSR count). The Balaban J connectivity index is 4.51. The molecule has 0 spiro atoms. The van der Waals surface area contributed by atoms with Gasteiger partial charge in [0.1, 0.15) is 5.75 Å². The summed E-state index contributed by atoms with van der Waals surface area (Å²) in [5, 5.41) is 0.666. The Morgan fingerprint density at radius 2 is 1.78 bits per heavy atom. The van der Waals surface area contributed by atoms with Gasteiger partial charge in [-0.05, 0) is 26.2 Å². The molecular formula is C12H24BrNO3S. The summed E-state index contributed by atoms with van der Waals surface area (Å²) in [6.45, 7) is 6.85. The molecule has 0 aliphatic heterocycles. The minimum atomic E-state index is -3.30. The number of carbonyl (C=O) groups is 1. The first-order valence-corrected chi connectivity index (χ1v) is 9.38. The molecule has 6 heteroatoms. The zero-order chi connectivity index (χ0) is 14.2. The van der Waals surface area contributed by atoms with Crippen molar-refractivity contribution in [3.63, 3.8) is 0 Å². The molecule has 0 aliphatic rings. The van der Waals surface area contributed by atoms with Crippen LogP contribution < -0.4 is 0 Å². The third-order valence-electron chi connectivity index (χ3n) is 2.86. The summed E-state index contributed by atoms with van der Waals surface area (Å²) in [5.74, 6) is -0.449. The van der Waals surface area contributed by atoms with E-state index < -0.39 is 9.84 Å².